The molecule has 1 aromatic rings. The van der Waals surface area contributed by atoms with Crippen molar-refractivity contribution in [2.45, 2.75) is 13.5 Å². The molecule has 3 nitrogen and oxygen atoms in total. The van der Waals surface area contributed by atoms with Crippen molar-refractivity contribution in [3.8, 4) is 0 Å². The van der Waals surface area contributed by atoms with Crippen LogP contribution in [0, 0.1) is 0 Å². The Kier molecular flexibility index (Phi) is 3.28. The standard InChI is InChI=1S/C9H11ClN2O/c1-7(13)12(11)6-8-2-4-9(10)5-3-8/h2-5H,6,11H2,1H3. The SMILES string of the molecule is CC(=O)N(N)Cc1ccc(Cl)cc1. The molecule has 0 spiro atoms. The molecule has 0 radical (unpaired) electrons. The van der Waals surface area contributed by atoms with Crippen molar-refractivity contribution in [3.05, 3.63) is 34.9 Å². The Bertz CT molecular complexity index is 297. The highest BCUT2D eigenvalue weighted by atomic mass is 35.5. The van der Waals surface area contributed by atoms with Gasteiger partial charge in [0.1, 0.15) is 0 Å². The largest absolute Gasteiger partial charge is 0.276 e. The summed E-state index contributed by atoms with van der Waals surface area (Å²) in [6.07, 6.45) is 0. The summed E-state index contributed by atoms with van der Waals surface area (Å²) in [7, 11) is 0. The van der Waals surface area contributed by atoms with Crippen molar-refractivity contribution in [1.29, 1.82) is 0 Å². The van der Waals surface area contributed by atoms with E-state index in [4.69, 9.17) is 17.4 Å². The average molecular weight is 199 g/mol. The topological polar surface area (TPSA) is 46.3 Å². The van der Waals surface area contributed by atoms with Crippen LogP contribution in [-0.2, 0) is 11.3 Å². The zero-order chi connectivity index (χ0) is 9.84. The highest BCUT2D eigenvalue weighted by Crippen LogP contribution is 2.10. The number of hydrogen-bond acceptors (Lipinski definition) is 2. The van der Waals surface area contributed by atoms with Gasteiger partial charge in [-0.05, 0) is 17.7 Å². The molecule has 0 aliphatic carbocycles. The first-order valence-corrected chi connectivity index (χ1v) is 4.24. The Morgan fingerprint density at radius 1 is 1.46 bits per heavy atom. The van der Waals surface area contributed by atoms with Gasteiger partial charge in [-0.25, -0.2) is 5.84 Å². The molecule has 2 N–H and O–H groups in total. The molecular weight excluding hydrogens is 188 g/mol. The van der Waals surface area contributed by atoms with Gasteiger partial charge in [-0.3, -0.25) is 9.80 Å². The van der Waals surface area contributed by atoms with Crippen LogP contribution < -0.4 is 5.84 Å². The van der Waals surface area contributed by atoms with Gasteiger partial charge in [0.25, 0.3) is 0 Å². The van der Waals surface area contributed by atoms with E-state index in [1.807, 2.05) is 12.1 Å². The van der Waals surface area contributed by atoms with Crippen molar-refractivity contribution in [1.82, 2.24) is 5.01 Å². The van der Waals surface area contributed by atoms with Crippen molar-refractivity contribution in [3.63, 3.8) is 0 Å². The molecule has 0 aromatic heterocycles. The number of rotatable bonds is 2. The number of nitrogens with zero attached hydrogens (tertiary/aromatic N) is 1. The molecule has 4 heteroatoms. The third-order valence-electron chi connectivity index (χ3n) is 1.67. The number of benzene rings is 1. The predicted molar refractivity (Wildman–Crippen MR) is 51.9 cm³/mol. The van der Waals surface area contributed by atoms with E-state index in [0.29, 0.717) is 11.6 Å². The summed E-state index contributed by atoms with van der Waals surface area (Å²) in [6.45, 7) is 1.84. The fourth-order valence-electron chi connectivity index (χ4n) is 0.898. The van der Waals surface area contributed by atoms with Gasteiger partial charge in [-0.1, -0.05) is 23.7 Å². The highest BCUT2D eigenvalue weighted by molar-refractivity contribution is 6.30. The van der Waals surface area contributed by atoms with E-state index in [0.717, 1.165) is 10.6 Å². The third kappa shape index (κ3) is 3.05. The van der Waals surface area contributed by atoms with Crippen LogP contribution in [0.3, 0.4) is 0 Å². The van der Waals surface area contributed by atoms with E-state index in [2.05, 4.69) is 0 Å². The number of carbonyl (C=O) groups excluding carboxylic acids is 1. The van der Waals surface area contributed by atoms with Gasteiger partial charge in [0, 0.05) is 11.9 Å². The summed E-state index contributed by atoms with van der Waals surface area (Å²) < 4.78 is 0. The molecule has 0 bridgehead atoms. The van der Waals surface area contributed by atoms with Gasteiger partial charge in [0.2, 0.25) is 5.91 Å². The summed E-state index contributed by atoms with van der Waals surface area (Å²) in [6, 6.07) is 7.21. The predicted octanol–water partition coefficient (Wildman–Crippen LogP) is 1.56. The maximum absolute atomic E-state index is 10.8. The van der Waals surface area contributed by atoms with Crippen LogP contribution >= 0.6 is 11.6 Å². The van der Waals surface area contributed by atoms with E-state index in [1.165, 1.54) is 6.92 Å². The lowest BCUT2D eigenvalue weighted by Crippen LogP contribution is -2.34. The normalized spacial score (nSPS) is 9.77. The summed E-state index contributed by atoms with van der Waals surface area (Å²) in [5.74, 6) is 5.28. The molecule has 0 fully saturated rings. The van der Waals surface area contributed by atoms with Crippen LogP contribution in [0.5, 0.6) is 0 Å². The van der Waals surface area contributed by atoms with Crippen LogP contribution in [0.1, 0.15) is 12.5 Å². The van der Waals surface area contributed by atoms with E-state index in [1.54, 1.807) is 12.1 Å². The summed E-state index contributed by atoms with van der Waals surface area (Å²) in [5.41, 5.74) is 0.960. The lowest BCUT2D eigenvalue weighted by Gasteiger charge is -2.13. The highest BCUT2D eigenvalue weighted by Gasteiger charge is 2.02. The monoisotopic (exact) mass is 198 g/mol. The van der Waals surface area contributed by atoms with Gasteiger partial charge < -0.3 is 0 Å². The fraction of sp³-hybridized carbons (Fsp3) is 0.222. The molecule has 70 valence electrons. The van der Waals surface area contributed by atoms with Crippen LogP contribution in [-0.4, -0.2) is 10.9 Å². The van der Waals surface area contributed by atoms with Crippen molar-refractivity contribution in [2.24, 2.45) is 5.84 Å². The van der Waals surface area contributed by atoms with Crippen molar-refractivity contribution >= 4 is 17.5 Å². The van der Waals surface area contributed by atoms with Crippen LogP contribution in [0.4, 0.5) is 0 Å². The van der Waals surface area contributed by atoms with Gasteiger partial charge in [0.05, 0.1) is 6.54 Å². The quantitative estimate of drug-likeness (QED) is 0.446. The van der Waals surface area contributed by atoms with Gasteiger partial charge >= 0.3 is 0 Å². The first-order chi connectivity index (χ1) is 6.09. The second-order valence-electron chi connectivity index (χ2n) is 2.77. The first kappa shape index (κ1) is 10.0. The lowest BCUT2D eigenvalue weighted by atomic mass is 10.2. The second-order valence-corrected chi connectivity index (χ2v) is 3.21. The van der Waals surface area contributed by atoms with Crippen molar-refractivity contribution in [2.75, 3.05) is 0 Å². The lowest BCUT2D eigenvalue weighted by molar-refractivity contribution is -0.129. The van der Waals surface area contributed by atoms with Gasteiger partial charge in [-0.2, -0.15) is 0 Å². The Morgan fingerprint density at radius 2 is 2.00 bits per heavy atom. The van der Waals surface area contributed by atoms with E-state index in [9.17, 15) is 4.79 Å². The molecule has 0 aliphatic rings. The maximum atomic E-state index is 10.8. The molecule has 1 amide bonds. The Morgan fingerprint density at radius 3 is 2.46 bits per heavy atom. The first-order valence-electron chi connectivity index (χ1n) is 3.87. The maximum Gasteiger partial charge on any atom is 0.233 e. The molecule has 0 saturated heterocycles. The zero-order valence-corrected chi connectivity index (χ0v) is 8.08. The van der Waals surface area contributed by atoms with Crippen LogP contribution in [0.2, 0.25) is 5.02 Å². The molecule has 0 aliphatic heterocycles. The minimum Gasteiger partial charge on any atom is -0.276 e. The molecule has 0 unspecified atom stereocenters. The molecular formula is C9H11ClN2O. The van der Waals surface area contributed by atoms with E-state index in [-0.39, 0.29) is 5.91 Å². The summed E-state index contributed by atoms with van der Waals surface area (Å²) >= 11 is 5.70. The number of carbonyl (C=O) groups is 1. The molecule has 1 rings (SSSR count). The Hall–Kier alpha value is -1.06. The molecule has 0 atom stereocenters. The number of halogens is 1. The van der Waals surface area contributed by atoms with Gasteiger partial charge in [-0.15, -0.1) is 0 Å². The van der Waals surface area contributed by atoms with E-state index < -0.39 is 0 Å². The van der Waals surface area contributed by atoms with Gasteiger partial charge in [0.15, 0.2) is 0 Å². The molecule has 0 heterocycles. The second kappa shape index (κ2) is 4.25. The zero-order valence-electron chi connectivity index (χ0n) is 7.33. The molecule has 13 heavy (non-hydrogen) atoms. The fourth-order valence-corrected chi connectivity index (χ4v) is 1.02. The minimum atomic E-state index is -0.157. The van der Waals surface area contributed by atoms with Crippen LogP contribution in [0.25, 0.3) is 0 Å². The van der Waals surface area contributed by atoms with Crippen LogP contribution in [0.15, 0.2) is 24.3 Å². The number of hydrogen-bond donors (Lipinski definition) is 1. The van der Waals surface area contributed by atoms with Crippen molar-refractivity contribution < 1.29 is 4.79 Å². The molecule has 1 aromatic carbocycles. The third-order valence-corrected chi connectivity index (χ3v) is 1.92. The Labute approximate surface area is 82.1 Å². The average Bonchev–Trinajstić information content (AvgIpc) is 2.08. The smallest absolute Gasteiger partial charge is 0.233 e. The molecule has 0 saturated carbocycles. The summed E-state index contributed by atoms with van der Waals surface area (Å²) in [5, 5.41) is 1.83. The minimum absolute atomic E-state index is 0.157. The number of amides is 1. The Balaban J connectivity index is 2.64. The number of nitrogens with two attached hydrogens (primary N) is 1. The number of hydrazine groups is 1. The summed E-state index contributed by atoms with van der Waals surface area (Å²) in [4.78, 5) is 10.8. The van der Waals surface area contributed by atoms with E-state index >= 15 is 0 Å².